The Labute approximate surface area is 109 Å². The third-order valence-electron chi connectivity index (χ3n) is 2.25. The molecule has 2 aromatic rings. The summed E-state index contributed by atoms with van der Waals surface area (Å²) in [5, 5.41) is 0. The molecule has 0 aliphatic heterocycles. The number of benzene rings is 1. The summed E-state index contributed by atoms with van der Waals surface area (Å²) in [5.41, 5.74) is 4.00. The summed E-state index contributed by atoms with van der Waals surface area (Å²) < 4.78 is 68.3. The Kier molecular flexibility index (Phi) is 3.47. The molecule has 0 radical (unpaired) electrons. The van der Waals surface area contributed by atoms with Crippen LogP contribution in [0.4, 0.5) is 27.6 Å². The first-order valence-electron chi connectivity index (χ1n) is 5.22. The molecule has 1 aromatic heterocycles. The molecule has 106 valence electrons. The number of aromatic nitrogens is 1. The number of halogens is 5. The van der Waals surface area contributed by atoms with E-state index in [1.54, 1.807) is 0 Å². The number of hydrogen-bond donors (Lipinski definition) is 1. The standard InChI is InChI=1S/C12H7F5N2O/c13-6-1-7(14)3-8(2-6)20-10-4-11(12(15,16)17)19-5-9(10)18/h1-5H,18H2. The third kappa shape index (κ3) is 3.14. The molecule has 3 nitrogen and oxygen atoms in total. The molecule has 0 unspecified atom stereocenters. The number of nitrogens with two attached hydrogens (primary N) is 1. The maximum Gasteiger partial charge on any atom is 0.433 e. The molecule has 1 aromatic carbocycles. The van der Waals surface area contributed by atoms with Crippen molar-refractivity contribution in [3.05, 3.63) is 47.8 Å². The van der Waals surface area contributed by atoms with Gasteiger partial charge in [0.1, 0.15) is 23.1 Å². The number of pyridine rings is 1. The molecule has 0 bridgehead atoms. The molecule has 20 heavy (non-hydrogen) atoms. The van der Waals surface area contributed by atoms with E-state index in [0.717, 1.165) is 18.3 Å². The molecule has 0 aliphatic carbocycles. The smallest absolute Gasteiger partial charge is 0.433 e. The fraction of sp³-hybridized carbons (Fsp3) is 0.0833. The molecule has 0 saturated carbocycles. The van der Waals surface area contributed by atoms with Gasteiger partial charge in [-0.2, -0.15) is 13.2 Å². The number of hydrogen-bond acceptors (Lipinski definition) is 3. The van der Waals surface area contributed by atoms with E-state index in [-0.39, 0.29) is 11.4 Å². The van der Waals surface area contributed by atoms with Crippen LogP contribution in [0.15, 0.2) is 30.5 Å². The number of rotatable bonds is 2. The van der Waals surface area contributed by atoms with Crippen molar-refractivity contribution in [1.29, 1.82) is 0 Å². The number of ether oxygens (including phenoxy) is 1. The molecule has 0 spiro atoms. The Morgan fingerprint density at radius 1 is 1.00 bits per heavy atom. The van der Waals surface area contributed by atoms with Gasteiger partial charge in [-0.05, 0) is 0 Å². The summed E-state index contributed by atoms with van der Waals surface area (Å²) in [7, 11) is 0. The Bertz CT molecular complexity index is 622. The van der Waals surface area contributed by atoms with Gasteiger partial charge in [0.2, 0.25) is 0 Å². The van der Waals surface area contributed by atoms with Crippen LogP contribution in [0, 0.1) is 11.6 Å². The Hall–Kier alpha value is -2.38. The molecule has 0 amide bonds. The van der Waals surface area contributed by atoms with E-state index in [4.69, 9.17) is 10.5 Å². The highest BCUT2D eigenvalue weighted by Crippen LogP contribution is 2.34. The Morgan fingerprint density at radius 2 is 1.60 bits per heavy atom. The van der Waals surface area contributed by atoms with Crippen molar-refractivity contribution >= 4 is 5.69 Å². The van der Waals surface area contributed by atoms with Crippen LogP contribution in [0.2, 0.25) is 0 Å². The van der Waals surface area contributed by atoms with E-state index >= 15 is 0 Å². The second-order valence-electron chi connectivity index (χ2n) is 3.81. The highest BCUT2D eigenvalue weighted by Gasteiger charge is 2.33. The van der Waals surface area contributed by atoms with E-state index in [1.165, 1.54) is 0 Å². The number of anilines is 1. The second-order valence-corrected chi connectivity index (χ2v) is 3.81. The van der Waals surface area contributed by atoms with Crippen LogP contribution >= 0.6 is 0 Å². The average Bonchev–Trinajstić information content (AvgIpc) is 2.29. The summed E-state index contributed by atoms with van der Waals surface area (Å²) in [4.78, 5) is 3.11. The van der Waals surface area contributed by atoms with Gasteiger partial charge in [-0.15, -0.1) is 0 Å². The van der Waals surface area contributed by atoms with E-state index in [9.17, 15) is 22.0 Å². The second kappa shape index (κ2) is 4.95. The highest BCUT2D eigenvalue weighted by molar-refractivity contribution is 5.53. The number of nitrogen functional groups attached to an aromatic ring is 1. The van der Waals surface area contributed by atoms with Gasteiger partial charge in [0.25, 0.3) is 0 Å². The topological polar surface area (TPSA) is 48.1 Å². The number of alkyl halides is 3. The molecular formula is C12H7F5N2O. The van der Waals surface area contributed by atoms with Crippen molar-refractivity contribution in [2.75, 3.05) is 5.73 Å². The first-order chi connectivity index (χ1) is 9.25. The first-order valence-corrected chi connectivity index (χ1v) is 5.22. The molecule has 2 N–H and O–H groups in total. The fourth-order valence-electron chi connectivity index (χ4n) is 1.41. The lowest BCUT2D eigenvalue weighted by molar-refractivity contribution is -0.141. The lowest BCUT2D eigenvalue weighted by Crippen LogP contribution is -2.08. The number of nitrogens with zero attached hydrogens (tertiary/aromatic N) is 1. The molecule has 0 aliphatic rings. The minimum atomic E-state index is -4.68. The maximum absolute atomic E-state index is 13.0. The molecular weight excluding hydrogens is 283 g/mol. The highest BCUT2D eigenvalue weighted by atomic mass is 19.4. The Balaban J connectivity index is 2.37. The van der Waals surface area contributed by atoms with Gasteiger partial charge in [0, 0.05) is 24.3 Å². The van der Waals surface area contributed by atoms with Crippen molar-refractivity contribution in [3.63, 3.8) is 0 Å². The van der Waals surface area contributed by atoms with Crippen LogP contribution in [0.1, 0.15) is 5.69 Å². The fourth-order valence-corrected chi connectivity index (χ4v) is 1.41. The normalized spacial score (nSPS) is 11.4. The lowest BCUT2D eigenvalue weighted by Gasteiger charge is -2.11. The Morgan fingerprint density at radius 3 is 2.15 bits per heavy atom. The predicted molar refractivity (Wildman–Crippen MR) is 60.1 cm³/mol. The largest absolute Gasteiger partial charge is 0.455 e. The molecule has 0 atom stereocenters. The van der Waals surface area contributed by atoms with E-state index in [0.29, 0.717) is 12.1 Å². The van der Waals surface area contributed by atoms with E-state index in [1.807, 2.05) is 0 Å². The minimum absolute atomic E-state index is 0.192. The zero-order valence-corrected chi connectivity index (χ0v) is 9.71. The molecule has 1 heterocycles. The van der Waals surface area contributed by atoms with Crippen molar-refractivity contribution in [1.82, 2.24) is 4.98 Å². The van der Waals surface area contributed by atoms with Crippen LogP contribution in [0.5, 0.6) is 11.5 Å². The van der Waals surface area contributed by atoms with Crippen molar-refractivity contribution < 1.29 is 26.7 Å². The van der Waals surface area contributed by atoms with E-state index < -0.39 is 29.3 Å². The van der Waals surface area contributed by atoms with E-state index in [2.05, 4.69) is 4.98 Å². The van der Waals surface area contributed by atoms with Crippen LogP contribution in [0.3, 0.4) is 0 Å². The zero-order chi connectivity index (χ0) is 14.9. The van der Waals surface area contributed by atoms with Gasteiger partial charge in [0.05, 0.1) is 11.9 Å². The van der Waals surface area contributed by atoms with Crippen LogP contribution < -0.4 is 10.5 Å². The minimum Gasteiger partial charge on any atom is -0.455 e. The molecule has 8 heteroatoms. The quantitative estimate of drug-likeness (QED) is 0.857. The van der Waals surface area contributed by atoms with Crippen LogP contribution in [-0.2, 0) is 6.18 Å². The first kappa shape index (κ1) is 14.0. The summed E-state index contributed by atoms with van der Waals surface area (Å²) in [6.45, 7) is 0. The third-order valence-corrected chi connectivity index (χ3v) is 2.25. The predicted octanol–water partition coefficient (Wildman–Crippen LogP) is 3.75. The van der Waals surface area contributed by atoms with Gasteiger partial charge >= 0.3 is 6.18 Å². The average molecular weight is 290 g/mol. The zero-order valence-electron chi connectivity index (χ0n) is 9.71. The van der Waals surface area contributed by atoms with Gasteiger partial charge in [0.15, 0.2) is 5.75 Å². The summed E-state index contributed by atoms with van der Waals surface area (Å²) in [6, 6.07) is 2.79. The molecule has 0 fully saturated rings. The summed E-state index contributed by atoms with van der Waals surface area (Å²) >= 11 is 0. The summed E-state index contributed by atoms with van der Waals surface area (Å²) in [5.74, 6) is -2.56. The monoisotopic (exact) mass is 290 g/mol. The van der Waals surface area contributed by atoms with Gasteiger partial charge in [-0.3, -0.25) is 0 Å². The van der Waals surface area contributed by atoms with Crippen LogP contribution in [0.25, 0.3) is 0 Å². The SMILES string of the molecule is Nc1cnc(C(F)(F)F)cc1Oc1cc(F)cc(F)c1. The lowest BCUT2D eigenvalue weighted by atomic mass is 10.3. The maximum atomic E-state index is 13.0. The summed E-state index contributed by atoms with van der Waals surface area (Å²) in [6.07, 6.45) is -3.92. The van der Waals surface area contributed by atoms with Crippen molar-refractivity contribution in [2.45, 2.75) is 6.18 Å². The van der Waals surface area contributed by atoms with Crippen molar-refractivity contribution in [2.24, 2.45) is 0 Å². The molecule has 0 saturated heterocycles. The van der Waals surface area contributed by atoms with Crippen LogP contribution in [-0.4, -0.2) is 4.98 Å². The van der Waals surface area contributed by atoms with Gasteiger partial charge in [-0.1, -0.05) is 0 Å². The molecule has 2 rings (SSSR count). The van der Waals surface area contributed by atoms with Crippen molar-refractivity contribution in [3.8, 4) is 11.5 Å². The van der Waals surface area contributed by atoms with Gasteiger partial charge in [-0.25, -0.2) is 13.8 Å². The van der Waals surface area contributed by atoms with Gasteiger partial charge < -0.3 is 10.5 Å².